The van der Waals surface area contributed by atoms with Crippen LogP contribution in [0.5, 0.6) is 0 Å². The van der Waals surface area contributed by atoms with Crippen molar-refractivity contribution in [1.82, 2.24) is 14.3 Å². The van der Waals surface area contributed by atoms with Gasteiger partial charge in [-0.15, -0.1) is 11.3 Å². The summed E-state index contributed by atoms with van der Waals surface area (Å²) in [5, 5.41) is 12.0. The molecule has 1 aliphatic rings. The largest absolute Gasteiger partial charge is 0.434 e. The van der Waals surface area contributed by atoms with Crippen molar-refractivity contribution < 1.29 is 31.1 Å². The quantitative estimate of drug-likeness (QED) is 0.675. The Morgan fingerprint density at radius 2 is 2.00 bits per heavy atom. The first-order valence-corrected chi connectivity index (χ1v) is 11.2. The molecule has 0 spiro atoms. The van der Waals surface area contributed by atoms with Gasteiger partial charge in [-0.2, -0.15) is 13.2 Å². The Bertz CT molecular complexity index is 987. The van der Waals surface area contributed by atoms with E-state index in [4.69, 9.17) is 5.11 Å². The number of pyridine rings is 1. The van der Waals surface area contributed by atoms with E-state index in [-0.39, 0.29) is 22.4 Å². The Kier molecular flexibility index (Phi) is 6.13. The minimum atomic E-state index is -4.80. The summed E-state index contributed by atoms with van der Waals surface area (Å²) >= 11 is 0.561. The van der Waals surface area contributed by atoms with Gasteiger partial charge in [0.15, 0.2) is 5.69 Å². The molecule has 3 heterocycles. The Morgan fingerprint density at radius 1 is 1.34 bits per heavy atom. The number of hydrogen-bond acceptors (Lipinski definition) is 7. The summed E-state index contributed by atoms with van der Waals surface area (Å²) in [6.45, 7) is -0.0839. The van der Waals surface area contributed by atoms with Gasteiger partial charge in [-0.1, -0.05) is 0 Å². The second-order valence-corrected chi connectivity index (χ2v) is 9.64. The van der Waals surface area contributed by atoms with Crippen molar-refractivity contribution in [2.75, 3.05) is 24.7 Å². The molecule has 2 N–H and O–H groups in total. The lowest BCUT2D eigenvalue weighted by atomic mass is 10.1. The summed E-state index contributed by atoms with van der Waals surface area (Å²) < 4.78 is 78.6. The molecule has 0 aliphatic carbocycles. The Morgan fingerprint density at radius 3 is 2.55 bits per heavy atom. The number of anilines is 1. The topological polar surface area (TPSA) is 95.4 Å². The Labute approximate surface area is 168 Å². The Hall–Kier alpha value is -1.83. The third-order valence-electron chi connectivity index (χ3n) is 4.45. The van der Waals surface area contributed by atoms with E-state index in [1.807, 2.05) is 0 Å². The normalized spacial score (nSPS) is 16.9. The minimum absolute atomic E-state index is 0.157. The fourth-order valence-corrected chi connectivity index (χ4v) is 4.87. The van der Waals surface area contributed by atoms with Gasteiger partial charge in [0.05, 0.1) is 23.9 Å². The van der Waals surface area contributed by atoms with E-state index in [1.165, 1.54) is 10.4 Å². The first-order chi connectivity index (χ1) is 13.5. The second-order valence-electron chi connectivity index (χ2n) is 6.57. The third kappa shape index (κ3) is 5.02. The fraction of sp³-hybridized carbons (Fsp3) is 0.500. The van der Waals surface area contributed by atoms with Gasteiger partial charge in [0.1, 0.15) is 16.6 Å². The van der Waals surface area contributed by atoms with E-state index in [1.54, 1.807) is 0 Å². The highest BCUT2D eigenvalue weighted by molar-refractivity contribution is 7.88. The van der Waals surface area contributed by atoms with Crippen LogP contribution in [0.1, 0.15) is 23.5 Å². The molecule has 2 aromatic rings. The van der Waals surface area contributed by atoms with Crippen LogP contribution in [0.3, 0.4) is 0 Å². The van der Waals surface area contributed by atoms with Crippen LogP contribution in [0.4, 0.5) is 23.4 Å². The highest BCUT2D eigenvalue weighted by atomic mass is 32.2. The van der Waals surface area contributed by atoms with Crippen LogP contribution in [0, 0.1) is 5.82 Å². The fourth-order valence-electron chi connectivity index (χ4n) is 3.04. The molecule has 7 nitrogen and oxygen atoms in total. The average molecular weight is 454 g/mol. The molecule has 0 saturated carbocycles. The summed E-state index contributed by atoms with van der Waals surface area (Å²) in [5.41, 5.74) is -1.58. The lowest BCUT2D eigenvalue weighted by Gasteiger charge is -2.31. The van der Waals surface area contributed by atoms with Gasteiger partial charge < -0.3 is 10.4 Å². The van der Waals surface area contributed by atoms with Gasteiger partial charge in [0.2, 0.25) is 10.0 Å². The molecule has 2 aromatic heterocycles. The van der Waals surface area contributed by atoms with Crippen molar-refractivity contribution in [3.63, 3.8) is 0 Å². The number of rotatable bonds is 5. The zero-order valence-electron chi connectivity index (χ0n) is 15.2. The molecule has 160 valence electrons. The molecule has 0 radical (unpaired) electrons. The molecule has 3 rings (SSSR count). The zero-order chi connectivity index (χ0) is 21.4. The highest BCUT2D eigenvalue weighted by Gasteiger charge is 2.38. The van der Waals surface area contributed by atoms with Crippen molar-refractivity contribution in [3.8, 4) is 10.4 Å². The van der Waals surface area contributed by atoms with Crippen LogP contribution in [0.25, 0.3) is 10.4 Å². The summed E-state index contributed by atoms with van der Waals surface area (Å²) in [6, 6.07) is 1.01. The smallest absolute Gasteiger partial charge is 0.389 e. The third-order valence-corrected chi connectivity index (χ3v) is 6.83. The highest BCUT2D eigenvalue weighted by Crippen LogP contribution is 2.41. The molecule has 0 amide bonds. The molecule has 1 saturated heterocycles. The van der Waals surface area contributed by atoms with Gasteiger partial charge >= 0.3 is 6.18 Å². The Balaban J connectivity index is 1.84. The molecule has 13 heteroatoms. The number of hydrogen-bond donors (Lipinski definition) is 2. The minimum Gasteiger partial charge on any atom is -0.389 e. The van der Waals surface area contributed by atoms with E-state index >= 15 is 0 Å². The number of nitrogens with one attached hydrogen (secondary N) is 1. The maximum absolute atomic E-state index is 14.3. The predicted molar refractivity (Wildman–Crippen MR) is 99.3 cm³/mol. The first kappa shape index (κ1) is 21.9. The number of piperidine rings is 1. The molecular formula is C16H18F4N4O3S2. The maximum Gasteiger partial charge on any atom is 0.434 e. The number of aliphatic hydroxyl groups excluding tert-OH is 1. The summed E-state index contributed by atoms with van der Waals surface area (Å²) in [4.78, 5) is 6.81. The van der Waals surface area contributed by atoms with Crippen molar-refractivity contribution >= 4 is 27.2 Å². The van der Waals surface area contributed by atoms with Gasteiger partial charge in [-0.3, -0.25) is 0 Å². The SMILES string of the molecule is CS(=O)(=O)N1CCC(Nc2cc(-c3sc(CO)nc3C(F)(F)F)c(F)cn2)CC1. The molecule has 0 bridgehead atoms. The van der Waals surface area contributed by atoms with E-state index in [2.05, 4.69) is 15.3 Å². The molecule has 1 aliphatic heterocycles. The standard InChI is InChI=1S/C16H18F4N4O3S2/c1-29(26,27)24-4-2-9(3-5-24)22-12-6-10(11(17)7-21-12)14-15(16(18,19)20)23-13(8-25)28-14/h6-7,9,25H,2-5,8H2,1H3,(H,21,22). The average Bonchev–Trinajstić information content (AvgIpc) is 3.08. The molecular weight excluding hydrogens is 436 g/mol. The summed E-state index contributed by atoms with van der Waals surface area (Å²) in [5.74, 6) is -0.771. The molecule has 0 aromatic carbocycles. The number of thiazole rings is 1. The second kappa shape index (κ2) is 8.13. The van der Waals surface area contributed by atoms with Crippen molar-refractivity contribution in [2.24, 2.45) is 0 Å². The summed E-state index contributed by atoms with van der Waals surface area (Å²) in [6.07, 6.45) is -1.90. The molecule has 29 heavy (non-hydrogen) atoms. The van der Waals surface area contributed by atoms with Crippen LogP contribution in [-0.2, 0) is 22.8 Å². The van der Waals surface area contributed by atoms with E-state index in [0.717, 1.165) is 12.5 Å². The number of aromatic nitrogens is 2. The number of aliphatic hydroxyl groups is 1. The maximum atomic E-state index is 14.3. The lowest BCUT2D eigenvalue weighted by molar-refractivity contribution is -0.140. The molecule has 1 fully saturated rings. The molecule has 0 atom stereocenters. The van der Waals surface area contributed by atoms with Crippen LogP contribution in [-0.4, -0.2) is 53.2 Å². The van der Waals surface area contributed by atoms with Crippen LogP contribution in [0.15, 0.2) is 12.3 Å². The predicted octanol–water partition coefficient (Wildman–Crippen LogP) is 2.69. The van der Waals surface area contributed by atoms with Gasteiger partial charge in [-0.25, -0.2) is 27.1 Å². The van der Waals surface area contributed by atoms with Crippen molar-refractivity contribution in [2.45, 2.75) is 31.7 Å². The lowest BCUT2D eigenvalue weighted by Crippen LogP contribution is -2.41. The van der Waals surface area contributed by atoms with Crippen LogP contribution in [0.2, 0.25) is 0 Å². The van der Waals surface area contributed by atoms with E-state index in [0.29, 0.717) is 37.3 Å². The van der Waals surface area contributed by atoms with E-state index in [9.17, 15) is 26.0 Å². The van der Waals surface area contributed by atoms with Crippen LogP contribution < -0.4 is 5.32 Å². The monoisotopic (exact) mass is 454 g/mol. The van der Waals surface area contributed by atoms with Gasteiger partial charge in [-0.05, 0) is 18.9 Å². The molecule has 0 unspecified atom stereocenters. The number of nitrogens with zero attached hydrogens (tertiary/aromatic N) is 3. The van der Waals surface area contributed by atoms with Crippen molar-refractivity contribution in [3.05, 3.63) is 28.8 Å². The van der Waals surface area contributed by atoms with E-state index < -0.39 is 39.2 Å². The summed E-state index contributed by atoms with van der Waals surface area (Å²) in [7, 11) is -3.28. The zero-order valence-corrected chi connectivity index (χ0v) is 16.8. The number of sulfonamides is 1. The number of alkyl halides is 3. The van der Waals surface area contributed by atoms with Crippen molar-refractivity contribution in [1.29, 1.82) is 0 Å². The van der Waals surface area contributed by atoms with Gasteiger partial charge in [0, 0.05) is 24.7 Å². The van der Waals surface area contributed by atoms with Crippen LogP contribution >= 0.6 is 11.3 Å². The first-order valence-electron chi connectivity index (χ1n) is 8.54. The number of halogens is 4. The van der Waals surface area contributed by atoms with Gasteiger partial charge in [0.25, 0.3) is 0 Å².